The zero-order valence-electron chi connectivity index (χ0n) is 11.8. The van der Waals surface area contributed by atoms with Crippen LogP contribution in [0.4, 0.5) is 9.93 Å². The second-order valence-electron chi connectivity index (χ2n) is 4.99. The molecule has 2 amide bonds. The number of hydrogen-bond acceptors (Lipinski definition) is 7. The summed E-state index contributed by atoms with van der Waals surface area (Å²) in [5, 5.41) is 13.4. The average Bonchev–Trinajstić information content (AvgIpc) is 2.70. The van der Waals surface area contributed by atoms with Gasteiger partial charge in [0.25, 0.3) is 0 Å². The third kappa shape index (κ3) is 7.20. The summed E-state index contributed by atoms with van der Waals surface area (Å²) in [4.78, 5) is 37.2. The topological polar surface area (TPSA) is 131 Å². The fraction of sp³-hybridized carbons (Fsp3) is 0.545. The quantitative estimate of drug-likeness (QED) is 0.726. The summed E-state index contributed by atoms with van der Waals surface area (Å²) in [6.07, 6.45) is -1.02. The van der Waals surface area contributed by atoms with Gasteiger partial charge in [-0.2, -0.15) is 4.37 Å². The number of rotatable bonds is 5. The van der Waals surface area contributed by atoms with Crippen LogP contribution in [0.3, 0.4) is 0 Å². The lowest BCUT2D eigenvalue weighted by atomic mass is 10.2. The highest BCUT2D eigenvalue weighted by Crippen LogP contribution is 2.11. The molecule has 0 saturated carbocycles. The van der Waals surface area contributed by atoms with Gasteiger partial charge >= 0.3 is 12.1 Å². The smallest absolute Gasteiger partial charge is 0.408 e. The second kappa shape index (κ2) is 6.97. The summed E-state index contributed by atoms with van der Waals surface area (Å²) in [7, 11) is 0. The van der Waals surface area contributed by atoms with Crippen LogP contribution in [0.2, 0.25) is 0 Å². The van der Waals surface area contributed by atoms with E-state index >= 15 is 0 Å². The standard InChI is InChI=1S/C11H16N4O5S/c1-11(2,3)20-10(19)12-5-7(16)14-9-13-6(15-21-9)4-8(17)18/h4-5H2,1-3H3,(H,12,19)(H,17,18)(H,13,14,15,16). The van der Waals surface area contributed by atoms with Gasteiger partial charge in [0, 0.05) is 11.5 Å². The van der Waals surface area contributed by atoms with E-state index in [1.165, 1.54) is 0 Å². The molecule has 0 bridgehead atoms. The van der Waals surface area contributed by atoms with Crippen molar-refractivity contribution in [2.45, 2.75) is 32.8 Å². The van der Waals surface area contributed by atoms with Crippen LogP contribution in [0.15, 0.2) is 0 Å². The van der Waals surface area contributed by atoms with Crippen molar-refractivity contribution in [1.29, 1.82) is 0 Å². The molecule has 9 nitrogen and oxygen atoms in total. The molecule has 0 fully saturated rings. The third-order valence-corrected chi connectivity index (χ3v) is 2.48. The molecule has 0 saturated heterocycles. The van der Waals surface area contributed by atoms with E-state index in [0.29, 0.717) is 0 Å². The molecular formula is C11H16N4O5S. The highest BCUT2D eigenvalue weighted by atomic mass is 32.1. The van der Waals surface area contributed by atoms with E-state index in [1.807, 2.05) is 0 Å². The van der Waals surface area contributed by atoms with Crippen molar-refractivity contribution < 1.29 is 24.2 Å². The van der Waals surface area contributed by atoms with Gasteiger partial charge in [-0.05, 0) is 20.8 Å². The Balaban J connectivity index is 2.38. The minimum atomic E-state index is -1.06. The summed E-state index contributed by atoms with van der Waals surface area (Å²) in [5.74, 6) is -1.46. The Morgan fingerprint density at radius 2 is 2.00 bits per heavy atom. The van der Waals surface area contributed by atoms with Gasteiger partial charge in [0.05, 0.1) is 0 Å². The van der Waals surface area contributed by atoms with Crippen LogP contribution in [0.25, 0.3) is 0 Å². The predicted octanol–water partition coefficient (Wildman–Crippen LogP) is 0.628. The molecule has 3 N–H and O–H groups in total. The van der Waals surface area contributed by atoms with Gasteiger partial charge in [-0.25, -0.2) is 9.78 Å². The maximum Gasteiger partial charge on any atom is 0.408 e. The molecule has 0 aliphatic carbocycles. The number of carbonyl (C=O) groups is 3. The largest absolute Gasteiger partial charge is 0.481 e. The first-order valence-corrected chi connectivity index (χ1v) is 6.74. The summed E-state index contributed by atoms with van der Waals surface area (Å²) in [6, 6.07) is 0. The summed E-state index contributed by atoms with van der Waals surface area (Å²) in [5.41, 5.74) is -0.647. The maximum absolute atomic E-state index is 11.6. The number of carboxylic acids is 1. The van der Waals surface area contributed by atoms with E-state index in [1.54, 1.807) is 20.8 Å². The van der Waals surface area contributed by atoms with Crippen LogP contribution in [0.1, 0.15) is 26.6 Å². The van der Waals surface area contributed by atoms with E-state index in [4.69, 9.17) is 9.84 Å². The number of ether oxygens (including phenoxy) is 1. The van der Waals surface area contributed by atoms with Crippen LogP contribution in [0, 0.1) is 0 Å². The van der Waals surface area contributed by atoms with Crippen molar-refractivity contribution in [1.82, 2.24) is 14.7 Å². The number of carbonyl (C=O) groups excluding carboxylic acids is 2. The maximum atomic E-state index is 11.6. The van der Waals surface area contributed by atoms with E-state index < -0.39 is 23.6 Å². The fourth-order valence-electron chi connectivity index (χ4n) is 1.14. The number of aromatic nitrogens is 2. The number of amides is 2. The summed E-state index contributed by atoms with van der Waals surface area (Å²) >= 11 is 0.864. The molecular weight excluding hydrogens is 300 g/mol. The first-order valence-electron chi connectivity index (χ1n) is 5.97. The number of nitrogens with zero attached hydrogens (tertiary/aromatic N) is 2. The Hall–Kier alpha value is -2.23. The third-order valence-electron chi connectivity index (χ3n) is 1.82. The van der Waals surface area contributed by atoms with E-state index in [2.05, 4.69) is 20.0 Å². The van der Waals surface area contributed by atoms with Gasteiger partial charge in [0.1, 0.15) is 18.6 Å². The Bertz CT molecular complexity index is 537. The van der Waals surface area contributed by atoms with Crippen LogP contribution in [0.5, 0.6) is 0 Å². The minimum absolute atomic E-state index is 0.114. The van der Waals surface area contributed by atoms with Crippen molar-refractivity contribution in [3.63, 3.8) is 0 Å². The molecule has 1 aromatic heterocycles. The molecule has 0 aromatic carbocycles. The van der Waals surface area contributed by atoms with Crippen molar-refractivity contribution >= 4 is 34.6 Å². The van der Waals surface area contributed by atoms with Gasteiger partial charge in [-0.1, -0.05) is 0 Å². The highest BCUT2D eigenvalue weighted by molar-refractivity contribution is 7.09. The first-order chi connectivity index (χ1) is 9.65. The van der Waals surface area contributed by atoms with Crippen molar-refractivity contribution in [2.75, 3.05) is 11.9 Å². The Labute approximate surface area is 124 Å². The first kappa shape index (κ1) is 16.8. The number of hydrogen-bond donors (Lipinski definition) is 3. The van der Waals surface area contributed by atoms with Gasteiger partial charge in [-0.3, -0.25) is 14.9 Å². The molecule has 1 heterocycles. The summed E-state index contributed by atoms with van der Waals surface area (Å²) in [6.45, 7) is 4.83. The van der Waals surface area contributed by atoms with Crippen LogP contribution < -0.4 is 10.6 Å². The van der Waals surface area contributed by atoms with E-state index in [0.717, 1.165) is 11.5 Å². The molecule has 116 valence electrons. The van der Waals surface area contributed by atoms with Crippen LogP contribution in [-0.4, -0.2) is 44.6 Å². The molecule has 1 rings (SSSR count). The minimum Gasteiger partial charge on any atom is -0.481 e. The molecule has 0 aliphatic heterocycles. The molecule has 0 radical (unpaired) electrons. The SMILES string of the molecule is CC(C)(C)OC(=O)NCC(=O)Nc1nc(CC(=O)O)ns1. The van der Waals surface area contributed by atoms with Crippen molar-refractivity contribution in [3.8, 4) is 0 Å². The average molecular weight is 316 g/mol. The lowest BCUT2D eigenvalue weighted by Gasteiger charge is -2.19. The zero-order chi connectivity index (χ0) is 16.0. The lowest BCUT2D eigenvalue weighted by Crippen LogP contribution is -2.37. The Kier molecular flexibility index (Phi) is 5.59. The van der Waals surface area contributed by atoms with Gasteiger partial charge in [0.15, 0.2) is 5.82 Å². The Morgan fingerprint density at radius 3 is 2.57 bits per heavy atom. The van der Waals surface area contributed by atoms with E-state index in [-0.39, 0.29) is 23.9 Å². The van der Waals surface area contributed by atoms with E-state index in [9.17, 15) is 14.4 Å². The fourth-order valence-corrected chi connectivity index (χ4v) is 1.74. The number of carboxylic acid groups (broad SMARTS) is 1. The zero-order valence-corrected chi connectivity index (χ0v) is 12.6. The molecule has 0 unspecified atom stereocenters. The molecule has 1 aromatic rings. The van der Waals surface area contributed by atoms with Crippen LogP contribution in [-0.2, 0) is 20.7 Å². The monoisotopic (exact) mass is 316 g/mol. The van der Waals surface area contributed by atoms with Crippen molar-refractivity contribution in [3.05, 3.63) is 5.82 Å². The number of aliphatic carboxylic acids is 1. The summed E-state index contributed by atoms with van der Waals surface area (Å²) < 4.78 is 8.74. The molecule has 21 heavy (non-hydrogen) atoms. The molecule has 0 atom stereocenters. The molecule has 10 heteroatoms. The predicted molar refractivity (Wildman–Crippen MR) is 74.1 cm³/mol. The second-order valence-corrected chi connectivity index (χ2v) is 5.74. The Morgan fingerprint density at radius 1 is 1.33 bits per heavy atom. The van der Waals surface area contributed by atoms with Gasteiger partial charge in [-0.15, -0.1) is 0 Å². The van der Waals surface area contributed by atoms with Gasteiger partial charge in [0.2, 0.25) is 11.0 Å². The van der Waals surface area contributed by atoms with Gasteiger partial charge < -0.3 is 15.2 Å². The molecule has 0 aliphatic rings. The van der Waals surface area contributed by atoms with Crippen LogP contribution >= 0.6 is 11.5 Å². The number of anilines is 1. The number of nitrogens with one attached hydrogen (secondary N) is 2. The molecule has 0 spiro atoms. The highest BCUT2D eigenvalue weighted by Gasteiger charge is 2.17. The normalized spacial score (nSPS) is 10.8. The van der Waals surface area contributed by atoms with Crippen molar-refractivity contribution in [2.24, 2.45) is 0 Å². The lowest BCUT2D eigenvalue weighted by molar-refractivity contribution is -0.136. The number of alkyl carbamates (subject to hydrolysis) is 1.